The Hall–Kier alpha value is -1.61. The van der Waals surface area contributed by atoms with Crippen LogP contribution in [0.4, 0.5) is 0 Å². The number of hydrogen-bond donors (Lipinski definition) is 0. The van der Waals surface area contributed by atoms with Gasteiger partial charge in [0.1, 0.15) is 5.02 Å². The third kappa shape index (κ3) is 0.811. The zero-order valence-electron chi connectivity index (χ0n) is 9.43. The summed E-state index contributed by atoms with van der Waals surface area (Å²) < 4.78 is 1.41. The van der Waals surface area contributed by atoms with Crippen molar-refractivity contribution in [3.63, 3.8) is 0 Å². The molecule has 3 atom stereocenters. The summed E-state index contributed by atoms with van der Waals surface area (Å²) in [5.41, 5.74) is 4.41. The average molecular weight is 257 g/mol. The summed E-state index contributed by atoms with van der Waals surface area (Å²) in [5.74, 6) is 1.62. The topological polar surface area (TPSA) is 34.9 Å². The van der Waals surface area contributed by atoms with Crippen LogP contribution in [0.1, 0.15) is 40.9 Å². The fourth-order valence-corrected chi connectivity index (χ4v) is 4.11. The van der Waals surface area contributed by atoms with Crippen LogP contribution in [0.25, 0.3) is 5.69 Å². The molecule has 3 nitrogen and oxygen atoms in total. The van der Waals surface area contributed by atoms with E-state index in [-0.39, 0.29) is 5.56 Å². The van der Waals surface area contributed by atoms with E-state index in [1.54, 1.807) is 6.20 Å². The molecule has 1 aromatic carbocycles. The van der Waals surface area contributed by atoms with Gasteiger partial charge in [-0.15, -0.1) is 0 Å². The van der Waals surface area contributed by atoms with Crippen molar-refractivity contribution in [2.24, 2.45) is 0 Å². The Morgan fingerprint density at radius 1 is 1.22 bits per heavy atom. The number of halogens is 1. The largest absolute Gasteiger partial charge is 0.290 e. The van der Waals surface area contributed by atoms with Crippen molar-refractivity contribution >= 4 is 11.6 Å². The normalized spacial score (nSPS) is 28.8. The molecule has 1 aromatic heterocycles. The van der Waals surface area contributed by atoms with E-state index in [0.29, 0.717) is 22.8 Å². The van der Waals surface area contributed by atoms with Crippen molar-refractivity contribution < 1.29 is 0 Å². The second kappa shape index (κ2) is 2.69. The van der Waals surface area contributed by atoms with Gasteiger partial charge in [0.25, 0.3) is 5.56 Å². The van der Waals surface area contributed by atoms with Gasteiger partial charge in [0.05, 0.1) is 11.9 Å². The Balaban J connectivity index is 1.97. The lowest BCUT2D eigenvalue weighted by Crippen LogP contribution is -2.40. The van der Waals surface area contributed by atoms with Gasteiger partial charge in [-0.1, -0.05) is 17.7 Å². The molecule has 1 fully saturated rings. The average Bonchev–Trinajstić information content (AvgIpc) is 2.40. The van der Waals surface area contributed by atoms with Crippen molar-refractivity contribution in [2.75, 3.05) is 0 Å². The second-order valence-corrected chi connectivity index (χ2v) is 5.80. The van der Waals surface area contributed by atoms with Crippen LogP contribution in [0.2, 0.25) is 5.02 Å². The molecular weight excluding hydrogens is 248 g/mol. The predicted octanol–water partition coefficient (Wildman–Crippen LogP) is 2.57. The van der Waals surface area contributed by atoms with Crippen molar-refractivity contribution in [3.05, 3.63) is 56.5 Å². The molecule has 0 N–H and O–H groups in total. The lowest BCUT2D eigenvalue weighted by Gasteiger charge is -2.54. The van der Waals surface area contributed by atoms with Crippen molar-refractivity contribution in [3.8, 4) is 5.69 Å². The summed E-state index contributed by atoms with van der Waals surface area (Å²) in [7, 11) is 0. The fourth-order valence-electron chi connectivity index (χ4n) is 3.84. The van der Waals surface area contributed by atoms with Gasteiger partial charge < -0.3 is 0 Å². The molecule has 3 unspecified atom stereocenters. The molecule has 0 radical (unpaired) electrons. The molecule has 88 valence electrons. The number of benzene rings is 1. The molecule has 6 rings (SSSR count). The van der Waals surface area contributed by atoms with Crippen LogP contribution in [-0.2, 0) is 0 Å². The molecule has 4 heteroatoms. The summed E-state index contributed by atoms with van der Waals surface area (Å²) in [4.78, 5) is 12.2. The third-order valence-electron chi connectivity index (χ3n) is 4.79. The minimum atomic E-state index is -0.195. The van der Waals surface area contributed by atoms with E-state index in [1.165, 1.54) is 15.8 Å². The second-order valence-electron chi connectivity index (χ2n) is 5.42. The predicted molar refractivity (Wildman–Crippen MR) is 67.7 cm³/mol. The highest BCUT2D eigenvalue weighted by Crippen LogP contribution is 2.67. The minimum Gasteiger partial charge on any atom is -0.266 e. The first kappa shape index (κ1) is 9.34. The molecule has 2 aliphatic carbocycles. The van der Waals surface area contributed by atoms with Gasteiger partial charge >= 0.3 is 0 Å². The number of hydrogen-bond acceptors (Lipinski definition) is 2. The molecule has 0 amide bonds. The fraction of sp³-hybridized carbons (Fsp3) is 0.286. The summed E-state index contributed by atoms with van der Waals surface area (Å²) in [6.45, 7) is 0. The molecule has 2 aliphatic heterocycles. The Kier molecular flexibility index (Phi) is 1.40. The Labute approximate surface area is 108 Å². The smallest absolute Gasteiger partial charge is 0.266 e. The van der Waals surface area contributed by atoms with E-state index in [9.17, 15) is 4.79 Å². The molecule has 0 saturated heterocycles. The molecule has 1 saturated carbocycles. The highest BCUT2D eigenvalue weighted by molar-refractivity contribution is 6.31. The summed E-state index contributed by atoms with van der Waals surface area (Å²) >= 11 is 6.24. The third-order valence-corrected chi connectivity index (χ3v) is 5.17. The Morgan fingerprint density at radius 2 is 2.06 bits per heavy atom. The van der Waals surface area contributed by atoms with Crippen molar-refractivity contribution in [2.45, 2.75) is 24.2 Å². The molecule has 0 spiro atoms. The lowest BCUT2D eigenvalue weighted by atomic mass is 9.49. The molecule has 3 heterocycles. The van der Waals surface area contributed by atoms with Crippen molar-refractivity contribution in [1.29, 1.82) is 0 Å². The van der Waals surface area contributed by atoms with Gasteiger partial charge in [-0.2, -0.15) is 9.78 Å². The van der Waals surface area contributed by atoms with E-state index in [4.69, 9.17) is 11.6 Å². The van der Waals surface area contributed by atoms with Gasteiger partial charge in [0.2, 0.25) is 0 Å². The molecular formula is C14H9ClN2O. The van der Waals surface area contributed by atoms with Crippen molar-refractivity contribution in [1.82, 2.24) is 9.78 Å². The Bertz CT molecular complexity index is 780. The maximum absolute atomic E-state index is 12.2. The first-order valence-corrected chi connectivity index (χ1v) is 6.55. The molecule has 4 bridgehead atoms. The zero-order valence-corrected chi connectivity index (χ0v) is 10.2. The quantitative estimate of drug-likeness (QED) is 0.726. The SMILES string of the molecule is O=c1c(Cl)c2cnn1-c1ccc3c(c1)C1C3CC21. The zero-order chi connectivity index (χ0) is 12.0. The maximum atomic E-state index is 12.2. The highest BCUT2D eigenvalue weighted by atomic mass is 35.5. The maximum Gasteiger partial charge on any atom is 0.290 e. The van der Waals surface area contributed by atoms with E-state index < -0.39 is 0 Å². The van der Waals surface area contributed by atoms with Crippen LogP contribution in [0, 0.1) is 0 Å². The first-order chi connectivity index (χ1) is 8.75. The van der Waals surface area contributed by atoms with E-state index in [2.05, 4.69) is 17.2 Å². The Morgan fingerprint density at radius 3 is 2.94 bits per heavy atom. The van der Waals surface area contributed by atoms with E-state index >= 15 is 0 Å². The van der Waals surface area contributed by atoms with Crippen LogP contribution in [0.15, 0.2) is 29.2 Å². The first-order valence-electron chi connectivity index (χ1n) is 6.17. The van der Waals surface area contributed by atoms with Crippen LogP contribution in [0.5, 0.6) is 0 Å². The minimum absolute atomic E-state index is 0.195. The summed E-state index contributed by atoms with van der Waals surface area (Å²) in [6, 6.07) is 6.22. The summed E-state index contributed by atoms with van der Waals surface area (Å²) in [6.07, 6.45) is 2.88. The number of fused-ring (bicyclic) bond motifs is 3. The number of nitrogens with zero attached hydrogens (tertiary/aromatic N) is 2. The van der Waals surface area contributed by atoms with Gasteiger partial charge in [-0.25, -0.2) is 0 Å². The van der Waals surface area contributed by atoms with Crippen LogP contribution >= 0.6 is 11.6 Å². The molecule has 18 heavy (non-hydrogen) atoms. The van der Waals surface area contributed by atoms with Crippen LogP contribution in [0.3, 0.4) is 0 Å². The lowest BCUT2D eigenvalue weighted by molar-refractivity contribution is 0.239. The van der Waals surface area contributed by atoms with Crippen LogP contribution in [-0.4, -0.2) is 9.78 Å². The highest BCUT2D eigenvalue weighted by Gasteiger charge is 2.53. The molecule has 2 aromatic rings. The standard InChI is InChI=1S/C14H9ClN2O/c15-13-11-5-16-17(14(13)18)6-1-2-7-8(3-6)12-9(7)4-10(11)12/h1-3,5,9-10,12H,4H2. The summed E-state index contributed by atoms with van der Waals surface area (Å²) in [5, 5.41) is 4.62. The van der Waals surface area contributed by atoms with Gasteiger partial charge in [-0.05, 0) is 47.4 Å². The monoisotopic (exact) mass is 256 g/mol. The van der Waals surface area contributed by atoms with Gasteiger partial charge in [0.15, 0.2) is 0 Å². The van der Waals surface area contributed by atoms with Crippen LogP contribution < -0.4 is 5.56 Å². The van der Waals surface area contributed by atoms with E-state index in [0.717, 1.165) is 17.7 Å². The van der Waals surface area contributed by atoms with Gasteiger partial charge in [-0.3, -0.25) is 4.79 Å². The van der Waals surface area contributed by atoms with Gasteiger partial charge in [0, 0.05) is 5.56 Å². The van der Waals surface area contributed by atoms with E-state index in [1.807, 2.05) is 6.07 Å². The number of rotatable bonds is 0. The molecule has 4 aliphatic rings. The number of aromatic nitrogens is 2.